The molecule has 1 aliphatic rings. The highest BCUT2D eigenvalue weighted by Crippen LogP contribution is 2.07. The highest BCUT2D eigenvalue weighted by Gasteiger charge is 2.17. The number of hydrogen-bond donors (Lipinski definition) is 2. The Labute approximate surface area is 84.2 Å². The molecule has 5 nitrogen and oxygen atoms in total. The van der Waals surface area contributed by atoms with Crippen LogP contribution in [-0.2, 0) is 9.47 Å². The Balaban J connectivity index is 2.21. The first-order valence-corrected chi connectivity index (χ1v) is 5.00. The van der Waals surface area contributed by atoms with E-state index < -0.39 is 0 Å². The Morgan fingerprint density at radius 2 is 1.93 bits per heavy atom. The van der Waals surface area contributed by atoms with Crippen LogP contribution in [0.25, 0.3) is 0 Å². The zero-order valence-corrected chi connectivity index (χ0v) is 8.39. The first-order chi connectivity index (χ1) is 6.86. The van der Waals surface area contributed by atoms with E-state index in [-0.39, 0.29) is 19.3 Å². The van der Waals surface area contributed by atoms with E-state index in [1.165, 1.54) is 0 Å². The van der Waals surface area contributed by atoms with Gasteiger partial charge in [-0.1, -0.05) is 0 Å². The van der Waals surface area contributed by atoms with E-state index in [1.54, 1.807) is 0 Å². The summed E-state index contributed by atoms with van der Waals surface area (Å²) in [7, 11) is 0. The molecule has 0 saturated carbocycles. The first kappa shape index (κ1) is 11.9. The van der Waals surface area contributed by atoms with Crippen LogP contribution in [0.1, 0.15) is 6.42 Å². The van der Waals surface area contributed by atoms with E-state index >= 15 is 0 Å². The van der Waals surface area contributed by atoms with Gasteiger partial charge in [0, 0.05) is 19.6 Å². The van der Waals surface area contributed by atoms with Crippen molar-refractivity contribution in [1.29, 1.82) is 0 Å². The maximum atomic E-state index is 8.80. The van der Waals surface area contributed by atoms with Gasteiger partial charge in [-0.3, -0.25) is 4.90 Å². The fourth-order valence-electron chi connectivity index (χ4n) is 1.51. The van der Waals surface area contributed by atoms with E-state index in [1.807, 2.05) is 4.90 Å². The van der Waals surface area contributed by atoms with Gasteiger partial charge in [-0.15, -0.1) is 0 Å². The van der Waals surface area contributed by atoms with Crippen LogP contribution in [0, 0.1) is 0 Å². The SMILES string of the molecule is OCCN(CCO)CC1CCOCO1. The standard InChI is InChI=1S/C9H19NO4/c11-4-2-10(3-5-12)7-9-1-6-13-8-14-9/h9,11-12H,1-8H2. The average molecular weight is 205 g/mol. The summed E-state index contributed by atoms with van der Waals surface area (Å²) in [5.74, 6) is 0. The number of rotatable bonds is 6. The third kappa shape index (κ3) is 4.34. The van der Waals surface area contributed by atoms with Crippen molar-refractivity contribution in [3.05, 3.63) is 0 Å². The lowest BCUT2D eigenvalue weighted by Gasteiger charge is -2.28. The molecule has 0 aliphatic carbocycles. The van der Waals surface area contributed by atoms with Crippen molar-refractivity contribution in [2.45, 2.75) is 12.5 Å². The molecule has 0 aromatic carbocycles. The van der Waals surface area contributed by atoms with E-state index in [9.17, 15) is 0 Å². The fourth-order valence-corrected chi connectivity index (χ4v) is 1.51. The van der Waals surface area contributed by atoms with Crippen LogP contribution < -0.4 is 0 Å². The van der Waals surface area contributed by atoms with Gasteiger partial charge in [0.2, 0.25) is 0 Å². The van der Waals surface area contributed by atoms with Crippen molar-refractivity contribution >= 4 is 0 Å². The van der Waals surface area contributed by atoms with Gasteiger partial charge < -0.3 is 19.7 Å². The smallest absolute Gasteiger partial charge is 0.147 e. The molecule has 84 valence electrons. The zero-order chi connectivity index (χ0) is 10.2. The van der Waals surface area contributed by atoms with E-state index in [0.717, 1.165) is 19.6 Å². The Hall–Kier alpha value is -0.200. The topological polar surface area (TPSA) is 62.2 Å². The van der Waals surface area contributed by atoms with Crippen LogP contribution in [0.15, 0.2) is 0 Å². The maximum absolute atomic E-state index is 8.80. The van der Waals surface area contributed by atoms with Gasteiger partial charge in [0.15, 0.2) is 0 Å². The van der Waals surface area contributed by atoms with Crippen molar-refractivity contribution in [3.8, 4) is 0 Å². The van der Waals surface area contributed by atoms with Crippen LogP contribution in [0.3, 0.4) is 0 Å². The molecule has 0 radical (unpaired) electrons. The van der Waals surface area contributed by atoms with E-state index in [2.05, 4.69) is 0 Å². The lowest BCUT2D eigenvalue weighted by molar-refractivity contribution is -0.145. The molecule has 1 heterocycles. The van der Waals surface area contributed by atoms with Crippen molar-refractivity contribution in [2.24, 2.45) is 0 Å². The Morgan fingerprint density at radius 1 is 1.21 bits per heavy atom. The molecule has 1 unspecified atom stereocenters. The van der Waals surface area contributed by atoms with Crippen LogP contribution in [0.2, 0.25) is 0 Å². The molecule has 0 bridgehead atoms. The Morgan fingerprint density at radius 3 is 2.43 bits per heavy atom. The lowest BCUT2D eigenvalue weighted by Crippen LogP contribution is -2.40. The number of nitrogens with zero attached hydrogens (tertiary/aromatic N) is 1. The largest absolute Gasteiger partial charge is 0.395 e. The molecule has 5 heteroatoms. The molecule has 2 N–H and O–H groups in total. The molecule has 14 heavy (non-hydrogen) atoms. The molecule has 1 aliphatic heterocycles. The summed E-state index contributed by atoms with van der Waals surface area (Å²) >= 11 is 0. The first-order valence-electron chi connectivity index (χ1n) is 5.00. The third-order valence-electron chi connectivity index (χ3n) is 2.27. The van der Waals surface area contributed by atoms with E-state index in [4.69, 9.17) is 19.7 Å². The highest BCUT2D eigenvalue weighted by molar-refractivity contribution is 4.67. The van der Waals surface area contributed by atoms with Gasteiger partial charge in [-0.2, -0.15) is 0 Å². The highest BCUT2D eigenvalue weighted by atomic mass is 16.7. The molecule has 0 aromatic heterocycles. The average Bonchev–Trinajstić information content (AvgIpc) is 2.20. The summed E-state index contributed by atoms with van der Waals surface area (Å²) in [6, 6.07) is 0. The molecule has 0 amide bonds. The van der Waals surface area contributed by atoms with Gasteiger partial charge in [-0.25, -0.2) is 0 Å². The summed E-state index contributed by atoms with van der Waals surface area (Å²) in [5.41, 5.74) is 0. The van der Waals surface area contributed by atoms with Crippen molar-refractivity contribution in [1.82, 2.24) is 4.90 Å². The zero-order valence-electron chi connectivity index (χ0n) is 8.39. The normalized spacial score (nSPS) is 22.9. The predicted molar refractivity (Wildman–Crippen MR) is 50.9 cm³/mol. The molecule has 0 aromatic rings. The number of aliphatic hydroxyl groups excluding tert-OH is 2. The van der Waals surface area contributed by atoms with Gasteiger partial charge in [-0.05, 0) is 6.42 Å². The van der Waals surface area contributed by atoms with Crippen molar-refractivity contribution in [3.63, 3.8) is 0 Å². The third-order valence-corrected chi connectivity index (χ3v) is 2.27. The molecule has 0 spiro atoms. The lowest BCUT2D eigenvalue weighted by atomic mass is 10.2. The van der Waals surface area contributed by atoms with Crippen LogP contribution in [0.5, 0.6) is 0 Å². The summed E-state index contributed by atoms with van der Waals surface area (Å²) in [6.07, 6.45) is 1.05. The molecule has 1 saturated heterocycles. The fraction of sp³-hybridized carbons (Fsp3) is 1.00. The predicted octanol–water partition coefficient (Wildman–Crippen LogP) is -0.964. The Kier molecular flexibility index (Phi) is 6.05. The quantitative estimate of drug-likeness (QED) is 0.584. The number of hydrogen-bond acceptors (Lipinski definition) is 5. The van der Waals surface area contributed by atoms with Gasteiger partial charge >= 0.3 is 0 Å². The summed E-state index contributed by atoms with van der Waals surface area (Å²) in [4.78, 5) is 2.00. The van der Waals surface area contributed by atoms with Gasteiger partial charge in [0.25, 0.3) is 0 Å². The van der Waals surface area contributed by atoms with Crippen LogP contribution in [0.4, 0.5) is 0 Å². The van der Waals surface area contributed by atoms with Gasteiger partial charge in [0.1, 0.15) is 6.79 Å². The summed E-state index contributed by atoms with van der Waals surface area (Å²) in [5, 5.41) is 17.6. The minimum atomic E-state index is 0.114. The summed E-state index contributed by atoms with van der Waals surface area (Å²) < 4.78 is 10.4. The minimum absolute atomic E-state index is 0.114. The maximum Gasteiger partial charge on any atom is 0.147 e. The van der Waals surface area contributed by atoms with Crippen molar-refractivity contribution in [2.75, 3.05) is 46.2 Å². The number of aliphatic hydroxyl groups is 2. The van der Waals surface area contributed by atoms with Crippen LogP contribution >= 0.6 is 0 Å². The second-order valence-electron chi connectivity index (χ2n) is 3.35. The monoisotopic (exact) mass is 205 g/mol. The summed E-state index contributed by atoms with van der Waals surface area (Å²) in [6.45, 7) is 3.24. The number of ether oxygens (including phenoxy) is 2. The Bertz CT molecular complexity index is 133. The molecule has 1 atom stereocenters. The molecule has 1 fully saturated rings. The van der Waals surface area contributed by atoms with Crippen molar-refractivity contribution < 1.29 is 19.7 Å². The molecular weight excluding hydrogens is 186 g/mol. The van der Waals surface area contributed by atoms with Crippen LogP contribution in [-0.4, -0.2) is 67.5 Å². The van der Waals surface area contributed by atoms with Gasteiger partial charge in [0.05, 0.1) is 25.9 Å². The second kappa shape index (κ2) is 7.14. The molecule has 1 rings (SSSR count). The minimum Gasteiger partial charge on any atom is -0.395 e. The van der Waals surface area contributed by atoms with E-state index in [0.29, 0.717) is 19.9 Å². The second-order valence-corrected chi connectivity index (χ2v) is 3.35. The molecular formula is C9H19NO4.